The number of pyridine rings is 1. The van der Waals surface area contributed by atoms with Gasteiger partial charge < -0.3 is 5.32 Å². The Kier molecular flexibility index (Phi) is 6.36. The van der Waals surface area contributed by atoms with E-state index in [1.165, 1.54) is 9.35 Å². The van der Waals surface area contributed by atoms with Crippen LogP contribution in [-0.4, -0.2) is 23.0 Å². The number of aromatic nitrogens is 1. The van der Waals surface area contributed by atoms with Gasteiger partial charge in [-0.2, -0.15) is 0 Å². The van der Waals surface area contributed by atoms with Crippen molar-refractivity contribution in [3.63, 3.8) is 0 Å². The normalized spacial score (nSPS) is 11.5. The molecule has 0 fully saturated rings. The number of rotatable bonds is 7. The van der Waals surface area contributed by atoms with E-state index in [1.54, 1.807) is 11.3 Å². The summed E-state index contributed by atoms with van der Waals surface area (Å²) in [7, 11) is 2.13. The highest BCUT2D eigenvalue weighted by Gasteiger charge is 2.06. The average Bonchev–Trinajstić information content (AvgIpc) is 2.82. The number of nitrogens with zero attached hydrogens (tertiary/aromatic N) is 2. The fourth-order valence-electron chi connectivity index (χ4n) is 2.10. The monoisotopic (exact) mass is 367 g/mol. The molecule has 0 radical (unpaired) electrons. The summed E-state index contributed by atoms with van der Waals surface area (Å²) in [6.45, 7) is 6.93. The summed E-state index contributed by atoms with van der Waals surface area (Å²) in [5.74, 6) is 0. The molecule has 0 unspecified atom stereocenters. The minimum Gasteiger partial charge on any atom is -0.309 e. The van der Waals surface area contributed by atoms with Crippen LogP contribution in [0.5, 0.6) is 0 Å². The standard InChI is InChI=1S/C16H22BrN3S/c1-12(2)18-8-14-5-4-6-15(19-14)10-20(3)9-13-7-16(17)21-11-13/h4-7,11-12,18H,8-10H2,1-3H3. The molecule has 0 aliphatic heterocycles. The second kappa shape index (κ2) is 8.03. The molecule has 0 saturated carbocycles. The molecule has 0 aromatic carbocycles. The van der Waals surface area contributed by atoms with Gasteiger partial charge in [0.1, 0.15) is 0 Å². The van der Waals surface area contributed by atoms with Crippen LogP contribution in [0, 0.1) is 0 Å². The Bertz CT molecular complexity index is 568. The summed E-state index contributed by atoms with van der Waals surface area (Å²) in [6.07, 6.45) is 0. The van der Waals surface area contributed by atoms with E-state index in [2.05, 4.69) is 76.7 Å². The molecule has 2 rings (SSSR count). The van der Waals surface area contributed by atoms with Crippen molar-refractivity contribution >= 4 is 27.3 Å². The molecule has 114 valence electrons. The van der Waals surface area contributed by atoms with Crippen LogP contribution in [0.2, 0.25) is 0 Å². The highest BCUT2D eigenvalue weighted by atomic mass is 79.9. The second-order valence-electron chi connectivity index (χ2n) is 5.59. The van der Waals surface area contributed by atoms with Gasteiger partial charge in [0.2, 0.25) is 0 Å². The fraction of sp³-hybridized carbons (Fsp3) is 0.438. The maximum atomic E-state index is 4.72. The molecule has 2 heterocycles. The molecule has 5 heteroatoms. The van der Waals surface area contributed by atoms with Gasteiger partial charge in [-0.3, -0.25) is 9.88 Å². The fourth-order valence-corrected chi connectivity index (χ4v) is 3.30. The Balaban J connectivity index is 1.91. The minimum absolute atomic E-state index is 0.482. The summed E-state index contributed by atoms with van der Waals surface area (Å²) in [6, 6.07) is 8.93. The lowest BCUT2D eigenvalue weighted by atomic mass is 10.2. The van der Waals surface area contributed by atoms with Crippen molar-refractivity contribution in [3.8, 4) is 0 Å². The molecule has 0 spiro atoms. The highest BCUT2D eigenvalue weighted by Crippen LogP contribution is 2.21. The SMILES string of the molecule is CC(C)NCc1cccc(CN(C)Cc2csc(Br)c2)n1. The lowest BCUT2D eigenvalue weighted by Crippen LogP contribution is -2.23. The lowest BCUT2D eigenvalue weighted by Gasteiger charge is -2.16. The van der Waals surface area contributed by atoms with E-state index in [1.807, 2.05) is 0 Å². The van der Waals surface area contributed by atoms with E-state index in [0.29, 0.717) is 6.04 Å². The van der Waals surface area contributed by atoms with Crippen molar-refractivity contribution in [2.24, 2.45) is 0 Å². The predicted molar refractivity (Wildman–Crippen MR) is 93.4 cm³/mol. The second-order valence-corrected chi connectivity index (χ2v) is 7.88. The van der Waals surface area contributed by atoms with Crippen molar-refractivity contribution in [1.29, 1.82) is 0 Å². The Morgan fingerprint density at radius 3 is 2.71 bits per heavy atom. The van der Waals surface area contributed by atoms with E-state index in [4.69, 9.17) is 4.98 Å². The third-order valence-electron chi connectivity index (χ3n) is 3.06. The number of halogens is 1. The van der Waals surface area contributed by atoms with E-state index < -0.39 is 0 Å². The largest absolute Gasteiger partial charge is 0.309 e. The molecule has 21 heavy (non-hydrogen) atoms. The van der Waals surface area contributed by atoms with Gasteiger partial charge >= 0.3 is 0 Å². The third-order valence-corrected chi connectivity index (χ3v) is 4.62. The van der Waals surface area contributed by atoms with Gasteiger partial charge in [-0.25, -0.2) is 0 Å². The van der Waals surface area contributed by atoms with E-state index in [9.17, 15) is 0 Å². The smallest absolute Gasteiger partial charge is 0.0701 e. The molecule has 0 bridgehead atoms. The van der Waals surface area contributed by atoms with Gasteiger partial charge in [0, 0.05) is 25.7 Å². The van der Waals surface area contributed by atoms with Crippen LogP contribution in [0.25, 0.3) is 0 Å². The van der Waals surface area contributed by atoms with Gasteiger partial charge in [0.05, 0.1) is 15.2 Å². The number of nitrogens with one attached hydrogen (secondary N) is 1. The number of hydrogen-bond donors (Lipinski definition) is 1. The quantitative estimate of drug-likeness (QED) is 0.800. The highest BCUT2D eigenvalue weighted by molar-refractivity contribution is 9.11. The molecule has 0 atom stereocenters. The first-order chi connectivity index (χ1) is 10.0. The number of thiophene rings is 1. The molecular formula is C16H22BrN3S. The van der Waals surface area contributed by atoms with Gasteiger partial charge in [-0.05, 0) is 52.1 Å². The summed E-state index contributed by atoms with van der Waals surface area (Å²) >= 11 is 5.24. The van der Waals surface area contributed by atoms with Crippen LogP contribution >= 0.6 is 27.3 Å². The molecule has 3 nitrogen and oxygen atoms in total. The van der Waals surface area contributed by atoms with E-state index in [-0.39, 0.29) is 0 Å². The maximum Gasteiger partial charge on any atom is 0.0701 e. The Morgan fingerprint density at radius 2 is 2.05 bits per heavy atom. The van der Waals surface area contributed by atoms with Crippen LogP contribution in [0.1, 0.15) is 30.8 Å². The van der Waals surface area contributed by atoms with Gasteiger partial charge in [0.25, 0.3) is 0 Å². The van der Waals surface area contributed by atoms with Crippen molar-refractivity contribution in [2.75, 3.05) is 7.05 Å². The summed E-state index contributed by atoms with van der Waals surface area (Å²) in [4.78, 5) is 7.01. The first kappa shape index (κ1) is 16.6. The summed E-state index contributed by atoms with van der Waals surface area (Å²) in [5.41, 5.74) is 3.56. The van der Waals surface area contributed by atoms with Crippen molar-refractivity contribution < 1.29 is 0 Å². The Hall–Kier alpha value is -0.750. The minimum atomic E-state index is 0.482. The summed E-state index contributed by atoms with van der Waals surface area (Å²) < 4.78 is 1.19. The zero-order valence-electron chi connectivity index (χ0n) is 12.8. The lowest BCUT2D eigenvalue weighted by molar-refractivity contribution is 0.315. The van der Waals surface area contributed by atoms with Gasteiger partial charge in [-0.15, -0.1) is 11.3 Å². The van der Waals surface area contributed by atoms with Crippen molar-refractivity contribution in [1.82, 2.24) is 15.2 Å². The van der Waals surface area contributed by atoms with Crippen molar-refractivity contribution in [3.05, 3.63) is 50.4 Å². The molecule has 0 aliphatic rings. The zero-order valence-corrected chi connectivity index (χ0v) is 15.2. The number of hydrogen-bond acceptors (Lipinski definition) is 4. The first-order valence-electron chi connectivity index (χ1n) is 7.12. The molecular weight excluding hydrogens is 346 g/mol. The van der Waals surface area contributed by atoms with Crippen LogP contribution in [0.4, 0.5) is 0 Å². The molecule has 0 saturated heterocycles. The Morgan fingerprint density at radius 1 is 1.29 bits per heavy atom. The van der Waals surface area contributed by atoms with Crippen LogP contribution < -0.4 is 5.32 Å². The third kappa shape index (κ3) is 5.87. The Labute approximate surface area is 139 Å². The molecule has 2 aromatic rings. The molecule has 0 amide bonds. The summed E-state index contributed by atoms with van der Waals surface area (Å²) in [5, 5.41) is 5.60. The first-order valence-corrected chi connectivity index (χ1v) is 8.80. The molecule has 1 N–H and O–H groups in total. The molecule has 0 aliphatic carbocycles. The maximum absolute atomic E-state index is 4.72. The van der Waals surface area contributed by atoms with E-state index in [0.717, 1.165) is 31.0 Å². The van der Waals surface area contributed by atoms with Crippen LogP contribution in [0.15, 0.2) is 33.4 Å². The van der Waals surface area contributed by atoms with Crippen LogP contribution in [-0.2, 0) is 19.6 Å². The van der Waals surface area contributed by atoms with Gasteiger partial charge in [0.15, 0.2) is 0 Å². The van der Waals surface area contributed by atoms with Crippen molar-refractivity contribution in [2.45, 2.75) is 39.5 Å². The van der Waals surface area contributed by atoms with Crippen LogP contribution in [0.3, 0.4) is 0 Å². The van der Waals surface area contributed by atoms with E-state index >= 15 is 0 Å². The topological polar surface area (TPSA) is 28.2 Å². The molecule has 2 aromatic heterocycles. The average molecular weight is 368 g/mol. The zero-order chi connectivity index (χ0) is 15.2. The predicted octanol–water partition coefficient (Wildman–Crippen LogP) is 4.04. The van der Waals surface area contributed by atoms with Gasteiger partial charge in [-0.1, -0.05) is 19.9 Å².